The smallest absolute Gasteiger partial charge is 0.264 e. The molecule has 38 heavy (non-hydrogen) atoms. The number of nitrogens with zero attached hydrogens (tertiary/aromatic N) is 2. The summed E-state index contributed by atoms with van der Waals surface area (Å²) >= 11 is 0. The van der Waals surface area contributed by atoms with Crippen molar-refractivity contribution in [3.8, 4) is 0 Å². The van der Waals surface area contributed by atoms with Crippen molar-refractivity contribution < 1.29 is 18.0 Å². The first-order valence-corrected chi connectivity index (χ1v) is 14.3. The zero-order chi connectivity index (χ0) is 27.7. The molecule has 8 heteroatoms. The molecule has 0 bridgehead atoms. The van der Waals surface area contributed by atoms with Crippen LogP contribution in [0.4, 0.5) is 5.69 Å². The van der Waals surface area contributed by atoms with Crippen LogP contribution in [0.5, 0.6) is 0 Å². The van der Waals surface area contributed by atoms with Crippen molar-refractivity contribution in [3.05, 3.63) is 95.6 Å². The van der Waals surface area contributed by atoms with E-state index in [0.29, 0.717) is 12.2 Å². The van der Waals surface area contributed by atoms with Crippen LogP contribution in [-0.2, 0) is 26.2 Å². The minimum atomic E-state index is -4.06. The summed E-state index contributed by atoms with van der Waals surface area (Å²) in [7, 11) is -4.06. The molecule has 7 nitrogen and oxygen atoms in total. The fourth-order valence-electron chi connectivity index (χ4n) is 4.09. The lowest BCUT2D eigenvalue weighted by molar-refractivity contribution is -0.139. The number of hydrogen-bond donors (Lipinski definition) is 1. The molecule has 202 valence electrons. The standard InChI is InChI=1S/C30H37N3O4S/c1-5-6-19-31-30(35)25(4)32(21-26-12-10-11-24(3)20-26)29(34)22-33(27-13-8-7-9-14-27)38(36,37)28-17-15-23(2)16-18-28/h7-18,20,25H,5-6,19,21-22H2,1-4H3,(H,31,35). The lowest BCUT2D eigenvalue weighted by atomic mass is 10.1. The minimum absolute atomic E-state index is 0.0929. The molecule has 0 saturated carbocycles. The van der Waals surface area contributed by atoms with Crippen LogP contribution in [0.2, 0.25) is 0 Å². The van der Waals surface area contributed by atoms with Gasteiger partial charge in [-0.15, -0.1) is 0 Å². The zero-order valence-electron chi connectivity index (χ0n) is 22.6. The van der Waals surface area contributed by atoms with E-state index in [2.05, 4.69) is 5.32 Å². The molecule has 0 aliphatic carbocycles. The number of nitrogens with one attached hydrogen (secondary N) is 1. The molecular formula is C30H37N3O4S. The van der Waals surface area contributed by atoms with Gasteiger partial charge in [0.2, 0.25) is 11.8 Å². The first-order chi connectivity index (χ1) is 18.1. The topological polar surface area (TPSA) is 86.8 Å². The number of rotatable bonds is 12. The van der Waals surface area contributed by atoms with E-state index in [1.54, 1.807) is 61.5 Å². The molecule has 1 unspecified atom stereocenters. The van der Waals surface area contributed by atoms with E-state index in [0.717, 1.165) is 33.8 Å². The van der Waals surface area contributed by atoms with Gasteiger partial charge in [-0.25, -0.2) is 8.42 Å². The number of unbranched alkanes of at least 4 members (excludes halogenated alkanes) is 1. The van der Waals surface area contributed by atoms with Gasteiger partial charge >= 0.3 is 0 Å². The van der Waals surface area contributed by atoms with Gasteiger partial charge in [-0.2, -0.15) is 0 Å². The highest BCUT2D eigenvalue weighted by Crippen LogP contribution is 2.24. The van der Waals surface area contributed by atoms with Crippen molar-refractivity contribution in [1.82, 2.24) is 10.2 Å². The van der Waals surface area contributed by atoms with Crippen LogP contribution in [0.15, 0.2) is 83.8 Å². The third-order valence-electron chi connectivity index (χ3n) is 6.36. The molecule has 0 saturated heterocycles. The van der Waals surface area contributed by atoms with Gasteiger partial charge in [0.25, 0.3) is 10.0 Å². The number of amides is 2. The molecular weight excluding hydrogens is 498 g/mol. The lowest BCUT2D eigenvalue weighted by Gasteiger charge is -2.32. The van der Waals surface area contributed by atoms with Crippen molar-refractivity contribution in [2.75, 3.05) is 17.4 Å². The predicted molar refractivity (Wildman–Crippen MR) is 151 cm³/mol. The van der Waals surface area contributed by atoms with E-state index in [9.17, 15) is 18.0 Å². The number of aryl methyl sites for hydroxylation is 2. The van der Waals surface area contributed by atoms with Gasteiger partial charge in [0.05, 0.1) is 10.6 Å². The van der Waals surface area contributed by atoms with Gasteiger partial charge in [0, 0.05) is 13.1 Å². The van der Waals surface area contributed by atoms with Crippen LogP contribution in [0.1, 0.15) is 43.4 Å². The predicted octanol–water partition coefficient (Wildman–Crippen LogP) is 4.83. The molecule has 0 aromatic heterocycles. The molecule has 2 amide bonds. The molecule has 0 aliphatic rings. The van der Waals surface area contributed by atoms with Crippen LogP contribution in [0.25, 0.3) is 0 Å². The highest BCUT2D eigenvalue weighted by molar-refractivity contribution is 7.92. The van der Waals surface area contributed by atoms with E-state index in [4.69, 9.17) is 0 Å². The normalized spacial score (nSPS) is 12.0. The summed E-state index contributed by atoms with van der Waals surface area (Å²) in [5.74, 6) is -0.740. The monoisotopic (exact) mass is 535 g/mol. The summed E-state index contributed by atoms with van der Waals surface area (Å²) in [5.41, 5.74) is 3.19. The van der Waals surface area contributed by atoms with E-state index in [1.165, 1.54) is 4.90 Å². The molecule has 1 N–H and O–H groups in total. The Hall–Kier alpha value is -3.65. The Balaban J connectivity index is 1.97. The molecule has 0 fully saturated rings. The molecule has 0 heterocycles. The van der Waals surface area contributed by atoms with E-state index in [1.807, 2.05) is 45.0 Å². The third-order valence-corrected chi connectivity index (χ3v) is 8.15. The van der Waals surface area contributed by atoms with Crippen LogP contribution < -0.4 is 9.62 Å². The van der Waals surface area contributed by atoms with Gasteiger partial charge in [-0.05, 0) is 57.0 Å². The van der Waals surface area contributed by atoms with E-state index >= 15 is 0 Å². The van der Waals surface area contributed by atoms with Crippen LogP contribution in [0, 0.1) is 13.8 Å². The summed E-state index contributed by atoms with van der Waals surface area (Å²) in [6.45, 7) is 7.80. The van der Waals surface area contributed by atoms with Crippen LogP contribution in [-0.4, -0.2) is 44.3 Å². The van der Waals surface area contributed by atoms with Gasteiger partial charge in [-0.3, -0.25) is 13.9 Å². The number of hydrogen-bond acceptors (Lipinski definition) is 4. The van der Waals surface area contributed by atoms with Gasteiger partial charge in [0.1, 0.15) is 12.6 Å². The van der Waals surface area contributed by atoms with Crippen LogP contribution >= 0.6 is 0 Å². The minimum Gasteiger partial charge on any atom is -0.354 e. The lowest BCUT2D eigenvalue weighted by Crippen LogP contribution is -2.51. The number of para-hydroxylation sites is 1. The summed E-state index contributed by atoms with van der Waals surface area (Å²) in [6.07, 6.45) is 1.77. The second-order valence-electron chi connectivity index (χ2n) is 9.49. The molecule has 0 aliphatic heterocycles. The summed E-state index contributed by atoms with van der Waals surface area (Å²) in [6, 6.07) is 22.0. The summed E-state index contributed by atoms with van der Waals surface area (Å²) in [5, 5.41) is 2.90. The maximum absolute atomic E-state index is 13.9. The second kappa shape index (κ2) is 13.2. The van der Waals surface area contributed by atoms with Crippen molar-refractivity contribution in [1.29, 1.82) is 0 Å². The van der Waals surface area contributed by atoms with Crippen molar-refractivity contribution >= 4 is 27.5 Å². The van der Waals surface area contributed by atoms with Crippen molar-refractivity contribution in [3.63, 3.8) is 0 Å². The molecule has 3 rings (SSSR count). The van der Waals surface area contributed by atoms with E-state index in [-0.39, 0.29) is 17.3 Å². The van der Waals surface area contributed by atoms with Crippen molar-refractivity contribution in [2.24, 2.45) is 0 Å². The zero-order valence-corrected chi connectivity index (χ0v) is 23.4. The third kappa shape index (κ3) is 7.44. The molecule has 0 radical (unpaired) electrons. The Morgan fingerprint density at radius 1 is 0.895 bits per heavy atom. The van der Waals surface area contributed by atoms with Crippen molar-refractivity contribution in [2.45, 2.75) is 58.0 Å². The van der Waals surface area contributed by atoms with Gasteiger partial charge < -0.3 is 10.2 Å². The maximum atomic E-state index is 13.9. The summed E-state index contributed by atoms with van der Waals surface area (Å²) < 4.78 is 28.6. The van der Waals surface area contributed by atoms with Gasteiger partial charge in [-0.1, -0.05) is 79.1 Å². The SMILES string of the molecule is CCCCNC(=O)C(C)N(Cc1cccc(C)c1)C(=O)CN(c1ccccc1)S(=O)(=O)c1ccc(C)cc1. The number of carbonyl (C=O) groups is 2. The average Bonchev–Trinajstić information content (AvgIpc) is 2.90. The first-order valence-electron chi connectivity index (χ1n) is 12.9. The largest absolute Gasteiger partial charge is 0.354 e. The molecule has 3 aromatic rings. The first kappa shape index (κ1) is 28.9. The fourth-order valence-corrected chi connectivity index (χ4v) is 5.50. The number of sulfonamides is 1. The maximum Gasteiger partial charge on any atom is 0.264 e. The quantitative estimate of drug-likeness (QED) is 0.337. The highest BCUT2D eigenvalue weighted by atomic mass is 32.2. The Morgan fingerprint density at radius 2 is 1.58 bits per heavy atom. The molecule has 1 atom stereocenters. The Bertz CT molecular complexity index is 1330. The van der Waals surface area contributed by atoms with Gasteiger partial charge in [0.15, 0.2) is 0 Å². The summed E-state index contributed by atoms with van der Waals surface area (Å²) in [4.78, 5) is 28.4. The molecule has 0 spiro atoms. The Morgan fingerprint density at radius 3 is 2.21 bits per heavy atom. The molecule has 3 aromatic carbocycles. The fraction of sp³-hybridized carbons (Fsp3) is 0.333. The number of benzene rings is 3. The Labute approximate surface area is 226 Å². The van der Waals surface area contributed by atoms with E-state index < -0.39 is 28.5 Å². The second-order valence-corrected chi connectivity index (χ2v) is 11.4. The average molecular weight is 536 g/mol. The number of carbonyl (C=O) groups excluding carboxylic acids is 2. The van der Waals surface area contributed by atoms with Crippen LogP contribution in [0.3, 0.4) is 0 Å². The highest BCUT2D eigenvalue weighted by Gasteiger charge is 2.32. The number of anilines is 1. The Kier molecular flexibility index (Phi) is 10.1.